The van der Waals surface area contributed by atoms with E-state index in [-0.39, 0.29) is 5.91 Å². The monoisotopic (exact) mass is 167 g/mol. The second-order valence-electron chi connectivity index (χ2n) is 3.16. The van der Waals surface area contributed by atoms with Crippen LogP contribution in [0.5, 0.6) is 0 Å². The van der Waals surface area contributed by atoms with Gasteiger partial charge in [0, 0.05) is 5.57 Å². The van der Waals surface area contributed by atoms with E-state index < -0.39 is 5.41 Å². The third kappa shape index (κ3) is 1.02. The first kappa shape index (κ1) is 8.84. The number of hydrogen-bond acceptors (Lipinski definition) is 2. The Morgan fingerprint density at radius 3 is 2.75 bits per heavy atom. The zero-order chi connectivity index (χ0) is 9.35. The quantitative estimate of drug-likeness (QED) is 0.666. The summed E-state index contributed by atoms with van der Waals surface area (Å²) in [7, 11) is 0. The van der Waals surface area contributed by atoms with Crippen molar-refractivity contribution in [3.8, 4) is 0 Å². The van der Waals surface area contributed by atoms with Gasteiger partial charge in [0.15, 0.2) is 0 Å². The largest absolute Gasteiger partial charge is 0.496 e. The topological polar surface area (TPSA) is 52.3 Å². The number of carbonyl (C=O) groups is 1. The summed E-state index contributed by atoms with van der Waals surface area (Å²) in [4.78, 5) is 11.1. The average molecular weight is 167 g/mol. The molecule has 1 amide bonds. The summed E-state index contributed by atoms with van der Waals surface area (Å²) >= 11 is 0. The van der Waals surface area contributed by atoms with Crippen molar-refractivity contribution in [2.45, 2.75) is 13.8 Å². The Labute approximate surface area is 71.9 Å². The summed E-state index contributed by atoms with van der Waals surface area (Å²) in [6.45, 7) is 7.53. The van der Waals surface area contributed by atoms with Crippen LogP contribution in [0.4, 0.5) is 0 Å². The number of hydrogen-bond donors (Lipinski definition) is 1. The van der Waals surface area contributed by atoms with Crippen LogP contribution in [-0.4, -0.2) is 12.5 Å². The van der Waals surface area contributed by atoms with Gasteiger partial charge in [-0.3, -0.25) is 4.79 Å². The number of primary amides is 1. The maximum atomic E-state index is 11.1. The first-order valence-electron chi connectivity index (χ1n) is 3.79. The molecule has 0 bridgehead atoms. The lowest BCUT2D eigenvalue weighted by Gasteiger charge is -2.18. The molecule has 2 N–H and O–H groups in total. The van der Waals surface area contributed by atoms with Crippen LogP contribution in [-0.2, 0) is 9.53 Å². The van der Waals surface area contributed by atoms with Gasteiger partial charge in [-0.2, -0.15) is 0 Å². The van der Waals surface area contributed by atoms with Crippen molar-refractivity contribution in [2.24, 2.45) is 11.1 Å². The highest BCUT2D eigenvalue weighted by molar-refractivity contribution is 5.85. The lowest BCUT2D eigenvalue weighted by Crippen LogP contribution is -2.36. The molecule has 1 atom stereocenters. The Hall–Kier alpha value is -1.25. The van der Waals surface area contributed by atoms with Gasteiger partial charge in [-0.1, -0.05) is 12.7 Å². The van der Waals surface area contributed by atoms with Gasteiger partial charge in [0.05, 0.1) is 5.76 Å². The van der Waals surface area contributed by atoms with Gasteiger partial charge in [0.2, 0.25) is 5.91 Å². The van der Waals surface area contributed by atoms with E-state index >= 15 is 0 Å². The Morgan fingerprint density at radius 2 is 2.42 bits per heavy atom. The van der Waals surface area contributed by atoms with Crippen LogP contribution in [0.2, 0.25) is 0 Å². The smallest absolute Gasteiger partial charge is 0.231 e. The fraction of sp³-hybridized carbons (Fsp3) is 0.444. The van der Waals surface area contributed by atoms with Gasteiger partial charge in [-0.15, -0.1) is 0 Å². The zero-order valence-corrected chi connectivity index (χ0v) is 7.39. The Kier molecular flexibility index (Phi) is 1.96. The van der Waals surface area contributed by atoms with Gasteiger partial charge in [0.1, 0.15) is 12.0 Å². The molecule has 0 fully saturated rings. The molecule has 3 heteroatoms. The summed E-state index contributed by atoms with van der Waals surface area (Å²) in [6, 6.07) is 0. The molecular formula is C9H13NO2. The molecule has 0 spiro atoms. The second-order valence-corrected chi connectivity index (χ2v) is 3.16. The standard InChI is InChI=1S/C9H13NO2/c1-4-7-6(2)12-5-9(7,3)8(10)11/h4H,1,5H2,2-3H3,(H2,10,11)/t9-/m0/s1. The van der Waals surface area contributed by atoms with E-state index in [1.807, 2.05) is 6.92 Å². The van der Waals surface area contributed by atoms with E-state index in [2.05, 4.69) is 6.58 Å². The molecule has 12 heavy (non-hydrogen) atoms. The molecule has 3 nitrogen and oxygen atoms in total. The number of allylic oxidation sites excluding steroid dienone is 2. The summed E-state index contributed by atoms with van der Waals surface area (Å²) in [5.41, 5.74) is 5.37. The Bertz CT molecular complexity index is 268. The van der Waals surface area contributed by atoms with Gasteiger partial charge < -0.3 is 10.5 Å². The number of ether oxygens (including phenoxy) is 1. The number of carbonyl (C=O) groups excluding carboxylic acids is 1. The van der Waals surface area contributed by atoms with E-state index in [4.69, 9.17) is 10.5 Å². The van der Waals surface area contributed by atoms with Crippen LogP contribution in [0.1, 0.15) is 13.8 Å². The van der Waals surface area contributed by atoms with Crippen molar-refractivity contribution in [1.29, 1.82) is 0 Å². The van der Waals surface area contributed by atoms with Crippen molar-refractivity contribution >= 4 is 5.91 Å². The third-order valence-corrected chi connectivity index (χ3v) is 2.30. The van der Waals surface area contributed by atoms with E-state index in [9.17, 15) is 4.79 Å². The lowest BCUT2D eigenvalue weighted by atomic mass is 9.83. The minimum absolute atomic E-state index is 0.329. The second kappa shape index (κ2) is 2.66. The molecule has 1 heterocycles. The fourth-order valence-electron chi connectivity index (χ4n) is 1.37. The molecule has 66 valence electrons. The van der Waals surface area contributed by atoms with Crippen LogP contribution in [0.3, 0.4) is 0 Å². The Morgan fingerprint density at radius 1 is 1.83 bits per heavy atom. The molecule has 1 aliphatic heterocycles. The number of rotatable bonds is 2. The van der Waals surface area contributed by atoms with E-state index in [0.29, 0.717) is 6.61 Å². The predicted molar refractivity (Wildman–Crippen MR) is 46.2 cm³/mol. The lowest BCUT2D eigenvalue weighted by molar-refractivity contribution is -0.125. The van der Waals surface area contributed by atoms with Gasteiger partial charge in [0.25, 0.3) is 0 Å². The minimum Gasteiger partial charge on any atom is -0.496 e. The van der Waals surface area contributed by atoms with Crippen LogP contribution in [0, 0.1) is 5.41 Å². The van der Waals surface area contributed by atoms with Gasteiger partial charge in [-0.05, 0) is 13.8 Å². The average Bonchev–Trinajstić information content (AvgIpc) is 2.29. The molecule has 0 unspecified atom stereocenters. The molecule has 1 aliphatic rings. The van der Waals surface area contributed by atoms with Crippen molar-refractivity contribution in [2.75, 3.05) is 6.61 Å². The van der Waals surface area contributed by atoms with E-state index in [1.165, 1.54) is 0 Å². The first-order chi connectivity index (χ1) is 5.52. The highest BCUT2D eigenvalue weighted by Crippen LogP contribution is 2.36. The maximum absolute atomic E-state index is 11.1. The molecule has 0 saturated carbocycles. The number of amides is 1. The third-order valence-electron chi connectivity index (χ3n) is 2.30. The van der Waals surface area contributed by atoms with Crippen LogP contribution < -0.4 is 5.73 Å². The Balaban J connectivity index is 3.11. The summed E-state index contributed by atoms with van der Waals surface area (Å²) in [6.07, 6.45) is 1.63. The molecule has 0 saturated heterocycles. The molecule has 0 aromatic rings. The SMILES string of the molecule is C=CC1=C(C)OC[C@]1(C)C(N)=O. The number of nitrogens with two attached hydrogens (primary N) is 1. The molecule has 1 rings (SSSR count). The molecule has 0 aliphatic carbocycles. The van der Waals surface area contributed by atoms with Crippen LogP contribution in [0.25, 0.3) is 0 Å². The van der Waals surface area contributed by atoms with Crippen LogP contribution in [0.15, 0.2) is 24.0 Å². The molecule has 0 aromatic heterocycles. The molecular weight excluding hydrogens is 154 g/mol. The van der Waals surface area contributed by atoms with Gasteiger partial charge >= 0.3 is 0 Å². The predicted octanol–water partition coefficient (Wildman–Crippen LogP) is 0.968. The fourth-order valence-corrected chi connectivity index (χ4v) is 1.37. The zero-order valence-electron chi connectivity index (χ0n) is 7.39. The van der Waals surface area contributed by atoms with Gasteiger partial charge in [-0.25, -0.2) is 0 Å². The van der Waals surface area contributed by atoms with Crippen LogP contribution >= 0.6 is 0 Å². The summed E-state index contributed by atoms with van der Waals surface area (Å²) in [5.74, 6) is 0.376. The normalized spacial score (nSPS) is 28.5. The van der Waals surface area contributed by atoms with E-state index in [1.54, 1.807) is 13.0 Å². The van der Waals surface area contributed by atoms with Crippen molar-refractivity contribution < 1.29 is 9.53 Å². The van der Waals surface area contributed by atoms with Crippen molar-refractivity contribution in [1.82, 2.24) is 0 Å². The van der Waals surface area contributed by atoms with E-state index in [0.717, 1.165) is 11.3 Å². The maximum Gasteiger partial charge on any atom is 0.231 e. The summed E-state index contributed by atoms with van der Waals surface area (Å²) < 4.78 is 5.24. The van der Waals surface area contributed by atoms with Crippen molar-refractivity contribution in [3.63, 3.8) is 0 Å². The highest BCUT2D eigenvalue weighted by atomic mass is 16.5. The minimum atomic E-state index is -0.689. The summed E-state index contributed by atoms with van der Waals surface area (Å²) in [5, 5.41) is 0. The first-order valence-corrected chi connectivity index (χ1v) is 3.79. The highest BCUT2D eigenvalue weighted by Gasteiger charge is 2.40. The molecule has 0 radical (unpaired) electrons. The molecule has 0 aromatic carbocycles. The van der Waals surface area contributed by atoms with Crippen molar-refractivity contribution in [3.05, 3.63) is 24.0 Å².